The summed E-state index contributed by atoms with van der Waals surface area (Å²) in [7, 11) is 0. The molecule has 0 bridgehead atoms. The Morgan fingerprint density at radius 3 is 2.59 bits per heavy atom. The number of rotatable bonds is 7. The van der Waals surface area contributed by atoms with Crippen molar-refractivity contribution in [2.45, 2.75) is 19.8 Å². The number of carbonyl (C=O) groups excluding carboxylic acids is 1. The van der Waals surface area contributed by atoms with Crippen molar-refractivity contribution in [3.05, 3.63) is 29.8 Å². The van der Waals surface area contributed by atoms with Gasteiger partial charge in [-0.25, -0.2) is 0 Å². The first-order valence-corrected chi connectivity index (χ1v) is 5.97. The molecule has 17 heavy (non-hydrogen) atoms. The number of carbonyl (C=O) groups is 1. The van der Waals surface area contributed by atoms with Gasteiger partial charge >= 0.3 is 0 Å². The summed E-state index contributed by atoms with van der Waals surface area (Å²) in [4.78, 5) is 11.5. The third-order valence-corrected chi connectivity index (χ3v) is 2.40. The van der Waals surface area contributed by atoms with Gasteiger partial charge in [-0.2, -0.15) is 0 Å². The van der Waals surface area contributed by atoms with Crippen molar-refractivity contribution in [1.29, 1.82) is 0 Å². The molecule has 94 valence electrons. The van der Waals surface area contributed by atoms with Gasteiger partial charge in [0, 0.05) is 6.54 Å². The van der Waals surface area contributed by atoms with Crippen molar-refractivity contribution >= 4 is 5.91 Å². The molecule has 0 fully saturated rings. The molecule has 0 aromatic heterocycles. The zero-order valence-corrected chi connectivity index (χ0v) is 10.2. The minimum absolute atomic E-state index is 0.0205. The second-order valence-electron chi connectivity index (χ2n) is 3.90. The van der Waals surface area contributed by atoms with Crippen molar-refractivity contribution in [2.75, 3.05) is 19.6 Å². The minimum atomic E-state index is 0.0205. The van der Waals surface area contributed by atoms with Crippen molar-refractivity contribution in [3.63, 3.8) is 0 Å². The van der Waals surface area contributed by atoms with E-state index in [0.29, 0.717) is 13.0 Å². The van der Waals surface area contributed by atoms with E-state index < -0.39 is 0 Å². The molecule has 0 atom stereocenters. The highest BCUT2D eigenvalue weighted by molar-refractivity contribution is 5.78. The highest BCUT2D eigenvalue weighted by Crippen LogP contribution is 2.09. The van der Waals surface area contributed by atoms with Crippen LogP contribution >= 0.6 is 0 Å². The van der Waals surface area contributed by atoms with Crippen molar-refractivity contribution in [2.24, 2.45) is 0 Å². The summed E-state index contributed by atoms with van der Waals surface area (Å²) in [6.07, 6.45) is 1.30. The minimum Gasteiger partial charge on any atom is -0.508 e. The van der Waals surface area contributed by atoms with Gasteiger partial charge in [-0.05, 0) is 37.2 Å². The first-order chi connectivity index (χ1) is 8.22. The van der Waals surface area contributed by atoms with Crippen molar-refractivity contribution in [1.82, 2.24) is 10.6 Å². The number of aromatic hydroxyl groups is 1. The quantitative estimate of drug-likeness (QED) is 0.620. The predicted molar refractivity (Wildman–Crippen MR) is 68.0 cm³/mol. The topological polar surface area (TPSA) is 61.4 Å². The summed E-state index contributed by atoms with van der Waals surface area (Å²) in [5.41, 5.74) is 0.909. The van der Waals surface area contributed by atoms with Crippen LogP contribution in [0.2, 0.25) is 0 Å². The fraction of sp³-hybridized carbons (Fsp3) is 0.462. The number of benzene rings is 1. The zero-order chi connectivity index (χ0) is 12.5. The van der Waals surface area contributed by atoms with Crippen LogP contribution in [0.3, 0.4) is 0 Å². The van der Waals surface area contributed by atoms with Gasteiger partial charge in [0.2, 0.25) is 5.91 Å². The molecule has 0 saturated heterocycles. The van der Waals surface area contributed by atoms with E-state index in [2.05, 4.69) is 17.6 Å². The maximum absolute atomic E-state index is 11.5. The van der Waals surface area contributed by atoms with E-state index in [1.165, 1.54) is 0 Å². The fourth-order valence-electron chi connectivity index (χ4n) is 1.48. The largest absolute Gasteiger partial charge is 0.508 e. The van der Waals surface area contributed by atoms with Crippen LogP contribution in [0, 0.1) is 0 Å². The maximum atomic E-state index is 11.5. The zero-order valence-electron chi connectivity index (χ0n) is 10.2. The van der Waals surface area contributed by atoms with Gasteiger partial charge in [-0.15, -0.1) is 0 Å². The van der Waals surface area contributed by atoms with Crippen LogP contribution in [0.4, 0.5) is 0 Å². The van der Waals surface area contributed by atoms with Gasteiger partial charge in [0.1, 0.15) is 5.75 Å². The molecule has 0 radical (unpaired) electrons. The molecule has 0 aliphatic carbocycles. The van der Waals surface area contributed by atoms with E-state index >= 15 is 0 Å². The van der Waals surface area contributed by atoms with E-state index in [0.717, 1.165) is 25.1 Å². The lowest BCUT2D eigenvalue weighted by atomic mass is 10.1. The second kappa shape index (κ2) is 7.68. The van der Waals surface area contributed by atoms with E-state index in [9.17, 15) is 4.79 Å². The van der Waals surface area contributed by atoms with Crippen molar-refractivity contribution in [3.8, 4) is 5.75 Å². The molecule has 0 saturated carbocycles. The van der Waals surface area contributed by atoms with Crippen LogP contribution in [0.25, 0.3) is 0 Å². The SMILES string of the molecule is CCNCCCNC(=O)Cc1ccc(O)cc1. The number of hydrogen-bond donors (Lipinski definition) is 3. The van der Waals surface area contributed by atoms with E-state index in [1.54, 1.807) is 24.3 Å². The number of nitrogens with one attached hydrogen (secondary N) is 2. The van der Waals surface area contributed by atoms with Crippen molar-refractivity contribution < 1.29 is 9.90 Å². The Kier molecular flexibility index (Phi) is 6.10. The molecule has 4 nitrogen and oxygen atoms in total. The number of phenolic OH excluding ortho intramolecular Hbond substituents is 1. The van der Waals surface area contributed by atoms with Crippen LogP contribution in [-0.2, 0) is 11.2 Å². The highest BCUT2D eigenvalue weighted by Gasteiger charge is 2.02. The monoisotopic (exact) mass is 236 g/mol. The Morgan fingerprint density at radius 2 is 1.94 bits per heavy atom. The summed E-state index contributed by atoms with van der Waals surface area (Å²) < 4.78 is 0. The van der Waals surface area contributed by atoms with Gasteiger partial charge in [-0.3, -0.25) is 4.79 Å². The molecule has 1 aromatic rings. The molecule has 4 heteroatoms. The normalized spacial score (nSPS) is 10.2. The fourth-order valence-corrected chi connectivity index (χ4v) is 1.48. The molecule has 1 aromatic carbocycles. The lowest BCUT2D eigenvalue weighted by Gasteiger charge is -2.05. The van der Waals surface area contributed by atoms with Gasteiger partial charge in [0.25, 0.3) is 0 Å². The van der Waals surface area contributed by atoms with Crippen LogP contribution in [0.1, 0.15) is 18.9 Å². The molecule has 1 amide bonds. The average Bonchev–Trinajstić information content (AvgIpc) is 2.32. The Hall–Kier alpha value is -1.55. The first-order valence-electron chi connectivity index (χ1n) is 5.97. The molecule has 3 N–H and O–H groups in total. The van der Waals surface area contributed by atoms with Gasteiger partial charge in [0.05, 0.1) is 6.42 Å². The lowest BCUT2D eigenvalue weighted by molar-refractivity contribution is -0.120. The molecule has 0 spiro atoms. The Bertz CT molecular complexity index is 336. The Labute approximate surface area is 102 Å². The smallest absolute Gasteiger partial charge is 0.224 e. The summed E-state index contributed by atoms with van der Waals surface area (Å²) in [6, 6.07) is 6.70. The molecule has 0 aliphatic rings. The molecular weight excluding hydrogens is 216 g/mol. The summed E-state index contributed by atoms with van der Waals surface area (Å²) in [5, 5.41) is 15.2. The summed E-state index contributed by atoms with van der Waals surface area (Å²) in [6.45, 7) is 4.64. The van der Waals surface area contributed by atoms with Gasteiger partial charge in [0.15, 0.2) is 0 Å². The average molecular weight is 236 g/mol. The molecule has 0 heterocycles. The summed E-state index contributed by atoms with van der Waals surface area (Å²) in [5.74, 6) is 0.243. The predicted octanol–water partition coefficient (Wildman–Crippen LogP) is 1.05. The van der Waals surface area contributed by atoms with E-state index in [-0.39, 0.29) is 11.7 Å². The van der Waals surface area contributed by atoms with Crippen LogP contribution in [-0.4, -0.2) is 30.6 Å². The Morgan fingerprint density at radius 1 is 1.24 bits per heavy atom. The van der Waals surface area contributed by atoms with Crippen LogP contribution < -0.4 is 10.6 Å². The molecular formula is C13H20N2O2. The molecule has 0 aliphatic heterocycles. The standard InChI is InChI=1S/C13H20N2O2/c1-2-14-8-3-9-15-13(17)10-11-4-6-12(16)7-5-11/h4-7,14,16H,2-3,8-10H2,1H3,(H,15,17). The Balaban J connectivity index is 2.18. The number of amides is 1. The van der Waals surface area contributed by atoms with E-state index in [1.807, 2.05) is 0 Å². The highest BCUT2D eigenvalue weighted by atomic mass is 16.3. The summed E-state index contributed by atoms with van der Waals surface area (Å²) >= 11 is 0. The van der Waals surface area contributed by atoms with Gasteiger partial charge in [-0.1, -0.05) is 19.1 Å². The number of phenols is 1. The molecule has 0 unspecified atom stereocenters. The first kappa shape index (κ1) is 13.5. The number of hydrogen-bond acceptors (Lipinski definition) is 3. The van der Waals surface area contributed by atoms with E-state index in [4.69, 9.17) is 5.11 Å². The second-order valence-corrected chi connectivity index (χ2v) is 3.90. The van der Waals surface area contributed by atoms with Crippen LogP contribution in [0.15, 0.2) is 24.3 Å². The van der Waals surface area contributed by atoms with Crippen LogP contribution in [0.5, 0.6) is 5.75 Å². The third-order valence-electron chi connectivity index (χ3n) is 2.40. The third kappa shape index (κ3) is 5.92. The van der Waals surface area contributed by atoms with Gasteiger partial charge < -0.3 is 15.7 Å². The molecule has 1 rings (SSSR count). The maximum Gasteiger partial charge on any atom is 0.224 e. The lowest BCUT2D eigenvalue weighted by Crippen LogP contribution is -2.28.